The maximum Gasteiger partial charge on any atom is 0.271 e. The Labute approximate surface area is 89.9 Å². The minimum atomic E-state index is -0.105. The van der Waals surface area contributed by atoms with Crippen molar-refractivity contribution in [1.29, 1.82) is 0 Å². The van der Waals surface area contributed by atoms with Gasteiger partial charge in [0.1, 0.15) is 5.69 Å². The Bertz CT molecular complexity index is 308. The van der Waals surface area contributed by atoms with Gasteiger partial charge in [0.05, 0.1) is 6.33 Å². The Morgan fingerprint density at radius 1 is 1.53 bits per heavy atom. The fourth-order valence-corrected chi connectivity index (χ4v) is 1.21. The molecule has 2 N–H and O–H groups in total. The van der Waals surface area contributed by atoms with Gasteiger partial charge >= 0.3 is 0 Å². The molecule has 0 spiro atoms. The first kappa shape index (κ1) is 11.7. The van der Waals surface area contributed by atoms with Crippen molar-refractivity contribution in [2.45, 2.75) is 13.3 Å². The zero-order valence-electron chi connectivity index (χ0n) is 9.29. The van der Waals surface area contributed by atoms with E-state index in [2.05, 4.69) is 22.5 Å². The Kier molecular flexibility index (Phi) is 4.83. The third-order valence-corrected chi connectivity index (χ3v) is 2.00. The van der Waals surface area contributed by atoms with Crippen LogP contribution in [0.25, 0.3) is 0 Å². The first-order valence-electron chi connectivity index (χ1n) is 5.21. The maximum atomic E-state index is 11.5. The van der Waals surface area contributed by atoms with Crippen molar-refractivity contribution in [2.24, 2.45) is 7.05 Å². The number of aryl methyl sites for hydroxylation is 1. The lowest BCUT2D eigenvalue weighted by Gasteiger charge is -2.03. The highest BCUT2D eigenvalue weighted by Crippen LogP contribution is 1.93. The minimum Gasteiger partial charge on any atom is -0.351 e. The summed E-state index contributed by atoms with van der Waals surface area (Å²) in [4.78, 5) is 15.4. The lowest BCUT2D eigenvalue weighted by Crippen LogP contribution is -2.27. The van der Waals surface area contributed by atoms with E-state index >= 15 is 0 Å². The molecule has 0 fully saturated rings. The van der Waals surface area contributed by atoms with Crippen LogP contribution in [0.2, 0.25) is 0 Å². The second-order valence-corrected chi connectivity index (χ2v) is 3.39. The van der Waals surface area contributed by atoms with Gasteiger partial charge in [-0.25, -0.2) is 4.98 Å². The molecule has 0 radical (unpaired) electrons. The Balaban J connectivity index is 2.19. The number of rotatable bonds is 6. The van der Waals surface area contributed by atoms with Crippen molar-refractivity contribution in [2.75, 3.05) is 19.6 Å². The summed E-state index contributed by atoms with van der Waals surface area (Å²) < 4.78 is 1.76. The number of nitrogens with zero attached hydrogens (tertiary/aromatic N) is 2. The lowest BCUT2D eigenvalue weighted by molar-refractivity contribution is 0.0948. The van der Waals surface area contributed by atoms with E-state index in [1.54, 1.807) is 17.1 Å². The molecular weight excluding hydrogens is 192 g/mol. The summed E-state index contributed by atoms with van der Waals surface area (Å²) in [5.74, 6) is -0.105. The largest absolute Gasteiger partial charge is 0.351 e. The van der Waals surface area contributed by atoms with Crippen LogP contribution in [0.15, 0.2) is 12.5 Å². The SMILES string of the molecule is CCNCCCNC(=O)c1cn(C)cn1. The van der Waals surface area contributed by atoms with E-state index in [0.29, 0.717) is 12.2 Å². The second-order valence-electron chi connectivity index (χ2n) is 3.39. The first-order chi connectivity index (χ1) is 7.24. The van der Waals surface area contributed by atoms with Gasteiger partial charge in [0.15, 0.2) is 0 Å². The third kappa shape index (κ3) is 4.12. The molecule has 0 saturated heterocycles. The lowest BCUT2D eigenvalue weighted by atomic mass is 10.4. The number of carbonyl (C=O) groups excluding carboxylic acids is 1. The average Bonchev–Trinajstić information content (AvgIpc) is 2.64. The molecule has 0 saturated carbocycles. The van der Waals surface area contributed by atoms with Crippen LogP contribution in [0, 0.1) is 0 Å². The van der Waals surface area contributed by atoms with Crippen molar-refractivity contribution in [3.8, 4) is 0 Å². The van der Waals surface area contributed by atoms with Gasteiger partial charge < -0.3 is 15.2 Å². The van der Waals surface area contributed by atoms with Gasteiger partial charge in [-0.2, -0.15) is 0 Å². The summed E-state index contributed by atoms with van der Waals surface area (Å²) in [6.07, 6.45) is 4.26. The molecule has 0 unspecified atom stereocenters. The Morgan fingerprint density at radius 2 is 2.33 bits per heavy atom. The van der Waals surface area contributed by atoms with Gasteiger partial charge in [-0.3, -0.25) is 4.79 Å². The van der Waals surface area contributed by atoms with E-state index in [9.17, 15) is 4.79 Å². The minimum absolute atomic E-state index is 0.105. The molecule has 0 atom stereocenters. The molecule has 0 aliphatic rings. The number of imidazole rings is 1. The topological polar surface area (TPSA) is 58.9 Å². The van der Waals surface area contributed by atoms with Crippen molar-refractivity contribution in [1.82, 2.24) is 20.2 Å². The molecule has 1 rings (SSSR count). The molecule has 15 heavy (non-hydrogen) atoms. The van der Waals surface area contributed by atoms with Crippen LogP contribution in [0.4, 0.5) is 0 Å². The van der Waals surface area contributed by atoms with E-state index in [1.807, 2.05) is 7.05 Å². The van der Waals surface area contributed by atoms with Gasteiger partial charge in [0.2, 0.25) is 0 Å². The van der Waals surface area contributed by atoms with Crippen LogP contribution < -0.4 is 10.6 Å². The number of hydrogen-bond acceptors (Lipinski definition) is 3. The fourth-order valence-electron chi connectivity index (χ4n) is 1.21. The molecule has 1 aromatic heterocycles. The van der Waals surface area contributed by atoms with Crippen LogP contribution >= 0.6 is 0 Å². The quantitative estimate of drug-likeness (QED) is 0.657. The van der Waals surface area contributed by atoms with E-state index < -0.39 is 0 Å². The number of amides is 1. The number of nitrogens with one attached hydrogen (secondary N) is 2. The molecule has 1 aromatic rings. The molecule has 1 heterocycles. The molecule has 0 aliphatic carbocycles. The van der Waals surface area contributed by atoms with Gasteiger partial charge in [0.25, 0.3) is 5.91 Å². The molecule has 0 bridgehead atoms. The summed E-state index contributed by atoms with van der Waals surface area (Å²) in [5.41, 5.74) is 0.473. The molecule has 1 amide bonds. The fraction of sp³-hybridized carbons (Fsp3) is 0.600. The summed E-state index contributed by atoms with van der Waals surface area (Å²) in [6.45, 7) is 4.64. The van der Waals surface area contributed by atoms with Gasteiger partial charge in [-0.15, -0.1) is 0 Å². The van der Waals surface area contributed by atoms with Gasteiger partial charge in [-0.05, 0) is 19.5 Å². The molecular formula is C10H18N4O. The summed E-state index contributed by atoms with van der Waals surface area (Å²) in [7, 11) is 1.84. The first-order valence-corrected chi connectivity index (χ1v) is 5.21. The maximum absolute atomic E-state index is 11.5. The zero-order chi connectivity index (χ0) is 11.1. The Morgan fingerprint density at radius 3 is 2.93 bits per heavy atom. The van der Waals surface area contributed by atoms with Gasteiger partial charge in [0, 0.05) is 19.8 Å². The molecule has 0 aliphatic heterocycles. The van der Waals surface area contributed by atoms with Crippen LogP contribution in [0.5, 0.6) is 0 Å². The van der Waals surface area contributed by atoms with Crippen LogP contribution in [0.3, 0.4) is 0 Å². The van der Waals surface area contributed by atoms with Crippen molar-refractivity contribution < 1.29 is 4.79 Å². The van der Waals surface area contributed by atoms with E-state index in [-0.39, 0.29) is 5.91 Å². The van der Waals surface area contributed by atoms with E-state index in [1.165, 1.54) is 0 Å². The molecule has 5 nitrogen and oxygen atoms in total. The third-order valence-electron chi connectivity index (χ3n) is 2.00. The van der Waals surface area contributed by atoms with Crippen LogP contribution in [-0.4, -0.2) is 35.1 Å². The number of hydrogen-bond donors (Lipinski definition) is 2. The number of aromatic nitrogens is 2. The summed E-state index contributed by atoms with van der Waals surface area (Å²) in [6, 6.07) is 0. The predicted octanol–water partition coefficient (Wildman–Crippen LogP) is 0.150. The molecule has 0 aromatic carbocycles. The van der Waals surface area contributed by atoms with Crippen LogP contribution in [0.1, 0.15) is 23.8 Å². The summed E-state index contributed by atoms with van der Waals surface area (Å²) in [5, 5.41) is 6.01. The van der Waals surface area contributed by atoms with Crippen molar-refractivity contribution in [3.63, 3.8) is 0 Å². The predicted molar refractivity (Wildman–Crippen MR) is 58.7 cm³/mol. The monoisotopic (exact) mass is 210 g/mol. The standard InChI is InChI=1S/C10H18N4O/c1-3-11-5-4-6-12-10(15)9-7-14(2)8-13-9/h7-8,11H,3-6H2,1-2H3,(H,12,15). The Hall–Kier alpha value is -1.36. The second kappa shape index (κ2) is 6.19. The van der Waals surface area contributed by atoms with E-state index in [0.717, 1.165) is 19.5 Å². The zero-order valence-corrected chi connectivity index (χ0v) is 9.29. The van der Waals surface area contributed by atoms with Crippen LogP contribution in [-0.2, 0) is 7.05 Å². The highest BCUT2D eigenvalue weighted by molar-refractivity contribution is 5.91. The van der Waals surface area contributed by atoms with E-state index in [4.69, 9.17) is 0 Å². The van der Waals surface area contributed by atoms with Crippen molar-refractivity contribution in [3.05, 3.63) is 18.2 Å². The molecule has 84 valence electrons. The van der Waals surface area contributed by atoms with Gasteiger partial charge in [-0.1, -0.05) is 6.92 Å². The number of carbonyl (C=O) groups is 1. The average molecular weight is 210 g/mol. The molecule has 5 heteroatoms. The van der Waals surface area contributed by atoms with Crippen molar-refractivity contribution >= 4 is 5.91 Å². The normalized spacial score (nSPS) is 10.3. The summed E-state index contributed by atoms with van der Waals surface area (Å²) >= 11 is 0. The smallest absolute Gasteiger partial charge is 0.271 e. The highest BCUT2D eigenvalue weighted by atomic mass is 16.1. The highest BCUT2D eigenvalue weighted by Gasteiger charge is 2.06.